The Morgan fingerprint density at radius 2 is 1.82 bits per heavy atom. The number of nitrogens with zero attached hydrogens (tertiary/aromatic N) is 1. The minimum absolute atomic E-state index is 0.408. The van der Waals surface area contributed by atoms with E-state index in [1.165, 1.54) is 5.56 Å². The molecule has 96 valence electrons. The van der Waals surface area contributed by atoms with Crippen molar-refractivity contribution < 1.29 is 4.74 Å². The topological polar surface area (TPSA) is 24.5 Å². The Hall–Kier alpha value is -1.06. The second-order valence-electron chi connectivity index (χ2n) is 4.29. The Bertz CT molecular complexity index is 309. The zero-order valence-corrected chi connectivity index (χ0v) is 11.4. The van der Waals surface area contributed by atoms with Crippen molar-refractivity contribution in [2.75, 3.05) is 33.8 Å². The Kier molecular flexibility index (Phi) is 6.01. The van der Waals surface area contributed by atoms with Crippen molar-refractivity contribution in [2.24, 2.45) is 0 Å². The molecule has 0 aliphatic heterocycles. The molecule has 0 amide bonds. The van der Waals surface area contributed by atoms with E-state index in [0.717, 1.165) is 18.8 Å². The summed E-state index contributed by atoms with van der Waals surface area (Å²) in [7, 11) is 4.22. The molecule has 0 aromatic heterocycles. The molecule has 1 aromatic rings. The van der Waals surface area contributed by atoms with Crippen molar-refractivity contribution in [3.63, 3.8) is 0 Å². The van der Waals surface area contributed by atoms with Crippen LogP contribution in [0, 0.1) is 0 Å². The van der Waals surface area contributed by atoms with Gasteiger partial charge in [-0.05, 0) is 45.3 Å². The zero-order chi connectivity index (χ0) is 12.7. The number of benzene rings is 1. The van der Waals surface area contributed by atoms with E-state index in [1.54, 1.807) is 0 Å². The fraction of sp³-hybridized carbons (Fsp3) is 0.571. The van der Waals surface area contributed by atoms with E-state index >= 15 is 0 Å². The standard InChI is InChI=1S/C14H24N2O/c1-5-15-11-14(16(3)4)12-7-9-13(10-8-12)17-6-2/h7-10,14-15H,5-6,11H2,1-4H3. The molecule has 0 bridgehead atoms. The van der Waals surface area contributed by atoms with Crippen LogP contribution in [0.3, 0.4) is 0 Å². The molecule has 0 radical (unpaired) electrons. The van der Waals surface area contributed by atoms with Gasteiger partial charge in [0.15, 0.2) is 0 Å². The first kappa shape index (κ1) is 14.0. The van der Waals surface area contributed by atoms with Crippen molar-refractivity contribution in [2.45, 2.75) is 19.9 Å². The molecule has 0 saturated heterocycles. The van der Waals surface area contributed by atoms with Crippen LogP contribution in [0.1, 0.15) is 25.5 Å². The first-order valence-corrected chi connectivity index (χ1v) is 6.29. The minimum atomic E-state index is 0.408. The van der Waals surface area contributed by atoms with Gasteiger partial charge >= 0.3 is 0 Å². The van der Waals surface area contributed by atoms with Gasteiger partial charge in [0.1, 0.15) is 5.75 Å². The molecule has 1 unspecified atom stereocenters. The van der Waals surface area contributed by atoms with Crippen molar-refractivity contribution in [3.05, 3.63) is 29.8 Å². The van der Waals surface area contributed by atoms with Gasteiger partial charge in [-0.3, -0.25) is 0 Å². The molecule has 17 heavy (non-hydrogen) atoms. The van der Waals surface area contributed by atoms with Crippen LogP contribution < -0.4 is 10.1 Å². The number of hydrogen-bond acceptors (Lipinski definition) is 3. The van der Waals surface area contributed by atoms with E-state index in [-0.39, 0.29) is 0 Å². The maximum absolute atomic E-state index is 5.45. The highest BCUT2D eigenvalue weighted by Gasteiger charge is 2.13. The summed E-state index contributed by atoms with van der Waals surface area (Å²) in [4.78, 5) is 2.23. The molecular weight excluding hydrogens is 212 g/mol. The lowest BCUT2D eigenvalue weighted by Crippen LogP contribution is -2.30. The van der Waals surface area contributed by atoms with Gasteiger partial charge in [-0.2, -0.15) is 0 Å². The predicted octanol–water partition coefficient (Wildman–Crippen LogP) is 2.30. The summed E-state index contributed by atoms with van der Waals surface area (Å²) in [6, 6.07) is 8.79. The van der Waals surface area contributed by atoms with Gasteiger partial charge in [0.25, 0.3) is 0 Å². The summed E-state index contributed by atoms with van der Waals surface area (Å²) >= 11 is 0. The number of hydrogen-bond donors (Lipinski definition) is 1. The van der Waals surface area contributed by atoms with Crippen LogP contribution in [-0.4, -0.2) is 38.7 Å². The molecule has 0 aliphatic carbocycles. The Morgan fingerprint density at radius 1 is 1.18 bits per heavy atom. The second-order valence-corrected chi connectivity index (χ2v) is 4.29. The van der Waals surface area contributed by atoms with Crippen molar-refractivity contribution in [3.8, 4) is 5.75 Å². The summed E-state index contributed by atoms with van der Waals surface area (Å²) in [5, 5.41) is 3.40. The van der Waals surface area contributed by atoms with Crippen LogP contribution >= 0.6 is 0 Å². The average molecular weight is 236 g/mol. The summed E-state index contributed by atoms with van der Waals surface area (Å²) in [5.74, 6) is 0.942. The predicted molar refractivity (Wildman–Crippen MR) is 72.6 cm³/mol. The van der Waals surface area contributed by atoms with E-state index in [0.29, 0.717) is 12.6 Å². The molecule has 0 aliphatic rings. The Labute approximate surface area is 105 Å². The summed E-state index contributed by atoms with van der Waals surface area (Å²) in [5.41, 5.74) is 1.32. The van der Waals surface area contributed by atoms with Crippen LogP contribution in [0.2, 0.25) is 0 Å². The van der Waals surface area contributed by atoms with E-state index in [1.807, 2.05) is 19.1 Å². The Balaban J connectivity index is 2.72. The highest BCUT2D eigenvalue weighted by molar-refractivity contribution is 5.29. The Morgan fingerprint density at radius 3 is 2.29 bits per heavy atom. The molecule has 0 spiro atoms. The zero-order valence-electron chi connectivity index (χ0n) is 11.4. The van der Waals surface area contributed by atoms with Crippen LogP contribution in [-0.2, 0) is 0 Å². The quantitative estimate of drug-likeness (QED) is 0.786. The van der Waals surface area contributed by atoms with Crippen molar-refractivity contribution >= 4 is 0 Å². The normalized spacial score (nSPS) is 12.8. The number of likely N-dealkylation sites (N-methyl/N-ethyl adjacent to an activating group) is 2. The lowest BCUT2D eigenvalue weighted by atomic mass is 10.1. The van der Waals surface area contributed by atoms with Gasteiger partial charge in [0, 0.05) is 12.6 Å². The first-order valence-electron chi connectivity index (χ1n) is 6.29. The molecule has 1 aromatic carbocycles. The molecule has 0 fully saturated rings. The fourth-order valence-electron chi connectivity index (χ4n) is 1.83. The molecule has 1 N–H and O–H groups in total. The van der Waals surface area contributed by atoms with Crippen LogP contribution in [0.4, 0.5) is 0 Å². The van der Waals surface area contributed by atoms with Crippen molar-refractivity contribution in [1.29, 1.82) is 0 Å². The lowest BCUT2D eigenvalue weighted by molar-refractivity contribution is 0.289. The van der Waals surface area contributed by atoms with Gasteiger partial charge in [-0.25, -0.2) is 0 Å². The van der Waals surface area contributed by atoms with E-state index in [2.05, 4.69) is 43.4 Å². The van der Waals surface area contributed by atoms with E-state index < -0.39 is 0 Å². The smallest absolute Gasteiger partial charge is 0.119 e. The summed E-state index contributed by atoms with van der Waals surface area (Å²) < 4.78 is 5.45. The number of nitrogens with one attached hydrogen (secondary N) is 1. The fourth-order valence-corrected chi connectivity index (χ4v) is 1.83. The van der Waals surface area contributed by atoms with Crippen LogP contribution in [0.25, 0.3) is 0 Å². The number of ether oxygens (including phenoxy) is 1. The minimum Gasteiger partial charge on any atom is -0.494 e. The molecule has 3 nitrogen and oxygen atoms in total. The van der Waals surface area contributed by atoms with Gasteiger partial charge in [0.2, 0.25) is 0 Å². The van der Waals surface area contributed by atoms with Crippen LogP contribution in [0.15, 0.2) is 24.3 Å². The van der Waals surface area contributed by atoms with Gasteiger partial charge in [-0.1, -0.05) is 19.1 Å². The molecule has 0 heterocycles. The first-order chi connectivity index (χ1) is 8.19. The molecule has 1 atom stereocenters. The van der Waals surface area contributed by atoms with Gasteiger partial charge < -0.3 is 15.0 Å². The van der Waals surface area contributed by atoms with Crippen LogP contribution in [0.5, 0.6) is 5.75 Å². The van der Waals surface area contributed by atoms with Gasteiger partial charge in [-0.15, -0.1) is 0 Å². The SMILES string of the molecule is CCNCC(c1ccc(OCC)cc1)N(C)C. The maximum Gasteiger partial charge on any atom is 0.119 e. The molecule has 3 heteroatoms. The lowest BCUT2D eigenvalue weighted by Gasteiger charge is -2.25. The average Bonchev–Trinajstić information content (AvgIpc) is 2.31. The second kappa shape index (κ2) is 7.30. The monoisotopic (exact) mass is 236 g/mol. The van der Waals surface area contributed by atoms with E-state index in [4.69, 9.17) is 4.74 Å². The third-order valence-corrected chi connectivity index (χ3v) is 2.79. The van der Waals surface area contributed by atoms with Crippen molar-refractivity contribution in [1.82, 2.24) is 10.2 Å². The third-order valence-electron chi connectivity index (χ3n) is 2.79. The molecule has 1 rings (SSSR count). The maximum atomic E-state index is 5.45. The van der Waals surface area contributed by atoms with Gasteiger partial charge in [0.05, 0.1) is 6.61 Å². The third kappa shape index (κ3) is 4.36. The van der Waals surface area contributed by atoms with E-state index in [9.17, 15) is 0 Å². The number of rotatable bonds is 7. The molecular formula is C14H24N2O. The highest BCUT2D eigenvalue weighted by Crippen LogP contribution is 2.20. The summed E-state index contributed by atoms with van der Waals surface area (Å²) in [6.07, 6.45) is 0. The highest BCUT2D eigenvalue weighted by atomic mass is 16.5. The summed E-state index contributed by atoms with van der Waals surface area (Å²) in [6.45, 7) is 6.82. The largest absolute Gasteiger partial charge is 0.494 e. The molecule has 0 saturated carbocycles.